The normalized spacial score (nSPS) is 25.0. The standard InChI is InChI=1S/C13H25NO5/c1-12(2)6-9(16)7-13(3,4)14(12)19-10(8-15)11(17)18-5/h9-10,15-16H,6-8H2,1-5H3. The number of methoxy groups -OCH3 is 1. The highest BCUT2D eigenvalue weighted by molar-refractivity contribution is 5.74. The number of nitrogens with zero attached hydrogens (tertiary/aromatic N) is 1. The van der Waals surface area contributed by atoms with Gasteiger partial charge in [-0.1, -0.05) is 0 Å². The van der Waals surface area contributed by atoms with Crippen LogP contribution in [-0.2, 0) is 14.4 Å². The molecule has 1 rings (SSSR count). The summed E-state index contributed by atoms with van der Waals surface area (Å²) < 4.78 is 4.60. The molecule has 0 aromatic carbocycles. The van der Waals surface area contributed by atoms with Crippen molar-refractivity contribution in [1.82, 2.24) is 5.06 Å². The molecular formula is C13H25NO5. The van der Waals surface area contributed by atoms with Gasteiger partial charge in [-0.05, 0) is 40.5 Å². The molecule has 1 atom stereocenters. The Balaban J connectivity index is 2.91. The van der Waals surface area contributed by atoms with Crippen molar-refractivity contribution in [2.75, 3.05) is 13.7 Å². The molecular weight excluding hydrogens is 250 g/mol. The molecule has 0 amide bonds. The minimum absolute atomic E-state index is 0.407. The van der Waals surface area contributed by atoms with E-state index in [1.165, 1.54) is 7.11 Å². The molecule has 112 valence electrons. The zero-order valence-corrected chi connectivity index (χ0v) is 12.3. The number of hydrogen-bond acceptors (Lipinski definition) is 6. The molecule has 1 fully saturated rings. The van der Waals surface area contributed by atoms with Crippen LogP contribution in [0, 0.1) is 0 Å². The van der Waals surface area contributed by atoms with Crippen molar-refractivity contribution in [3.05, 3.63) is 0 Å². The van der Waals surface area contributed by atoms with Crippen LogP contribution in [0.4, 0.5) is 0 Å². The van der Waals surface area contributed by atoms with Gasteiger partial charge in [-0.3, -0.25) is 4.84 Å². The fraction of sp³-hybridized carbons (Fsp3) is 0.923. The van der Waals surface area contributed by atoms with Gasteiger partial charge in [-0.15, -0.1) is 0 Å². The van der Waals surface area contributed by atoms with E-state index in [-0.39, 0.29) is 0 Å². The number of aliphatic hydroxyl groups excluding tert-OH is 2. The number of ether oxygens (including phenoxy) is 1. The molecule has 0 aromatic rings. The van der Waals surface area contributed by atoms with Gasteiger partial charge in [0, 0.05) is 11.1 Å². The summed E-state index contributed by atoms with van der Waals surface area (Å²) in [5.41, 5.74) is -0.884. The largest absolute Gasteiger partial charge is 0.467 e. The number of hydroxylamine groups is 2. The summed E-state index contributed by atoms with van der Waals surface area (Å²) in [5.74, 6) is -0.611. The van der Waals surface area contributed by atoms with E-state index < -0.39 is 35.9 Å². The summed E-state index contributed by atoms with van der Waals surface area (Å²) in [5, 5.41) is 20.9. The summed E-state index contributed by atoms with van der Waals surface area (Å²) >= 11 is 0. The van der Waals surface area contributed by atoms with Crippen molar-refractivity contribution in [1.29, 1.82) is 0 Å². The third-order valence-electron chi connectivity index (χ3n) is 3.43. The number of aliphatic hydroxyl groups is 2. The summed E-state index contributed by atoms with van der Waals surface area (Å²) in [6.45, 7) is 7.29. The smallest absolute Gasteiger partial charge is 0.339 e. The molecule has 0 spiro atoms. The van der Waals surface area contributed by atoms with Crippen LogP contribution in [0.1, 0.15) is 40.5 Å². The van der Waals surface area contributed by atoms with Crippen LogP contribution < -0.4 is 0 Å². The van der Waals surface area contributed by atoms with Gasteiger partial charge in [0.25, 0.3) is 0 Å². The van der Waals surface area contributed by atoms with Gasteiger partial charge < -0.3 is 14.9 Å². The lowest BCUT2D eigenvalue weighted by molar-refractivity contribution is -0.314. The van der Waals surface area contributed by atoms with Crippen molar-refractivity contribution in [2.45, 2.75) is 63.8 Å². The van der Waals surface area contributed by atoms with E-state index in [2.05, 4.69) is 4.74 Å². The van der Waals surface area contributed by atoms with Gasteiger partial charge in [0.15, 0.2) is 6.10 Å². The second kappa shape index (κ2) is 5.75. The molecule has 0 saturated carbocycles. The van der Waals surface area contributed by atoms with Crippen molar-refractivity contribution in [3.8, 4) is 0 Å². The van der Waals surface area contributed by atoms with Crippen LogP contribution in [0.15, 0.2) is 0 Å². The van der Waals surface area contributed by atoms with Gasteiger partial charge in [-0.25, -0.2) is 4.79 Å². The first kappa shape index (κ1) is 16.4. The van der Waals surface area contributed by atoms with E-state index in [0.29, 0.717) is 12.8 Å². The molecule has 0 aliphatic carbocycles. The van der Waals surface area contributed by atoms with Gasteiger partial charge in [0.2, 0.25) is 0 Å². The van der Waals surface area contributed by atoms with E-state index in [0.717, 1.165) is 0 Å². The topological polar surface area (TPSA) is 79.2 Å². The maximum absolute atomic E-state index is 11.5. The zero-order chi connectivity index (χ0) is 14.8. The Labute approximate surface area is 114 Å². The number of carbonyl (C=O) groups excluding carboxylic acids is 1. The maximum atomic E-state index is 11.5. The van der Waals surface area contributed by atoms with Crippen LogP contribution in [-0.4, -0.2) is 58.2 Å². The first-order valence-corrected chi connectivity index (χ1v) is 6.48. The minimum atomic E-state index is -1.04. The predicted molar refractivity (Wildman–Crippen MR) is 69.2 cm³/mol. The molecule has 1 heterocycles. The van der Waals surface area contributed by atoms with Gasteiger partial charge in [0.1, 0.15) is 0 Å². The molecule has 1 aliphatic rings. The fourth-order valence-electron chi connectivity index (χ4n) is 2.91. The Morgan fingerprint density at radius 1 is 1.32 bits per heavy atom. The van der Waals surface area contributed by atoms with Gasteiger partial charge >= 0.3 is 5.97 Å². The van der Waals surface area contributed by atoms with Crippen molar-refractivity contribution in [3.63, 3.8) is 0 Å². The number of piperidine rings is 1. The first-order valence-electron chi connectivity index (χ1n) is 6.48. The van der Waals surface area contributed by atoms with Crippen molar-refractivity contribution >= 4 is 5.97 Å². The fourth-order valence-corrected chi connectivity index (χ4v) is 2.91. The quantitative estimate of drug-likeness (QED) is 0.726. The second-order valence-corrected chi connectivity index (χ2v) is 6.28. The van der Waals surface area contributed by atoms with E-state index >= 15 is 0 Å². The number of carbonyl (C=O) groups is 1. The van der Waals surface area contributed by atoms with Gasteiger partial charge in [0.05, 0.1) is 19.8 Å². The molecule has 0 bridgehead atoms. The number of rotatable bonds is 4. The third-order valence-corrected chi connectivity index (χ3v) is 3.43. The van der Waals surface area contributed by atoms with Crippen LogP contribution in [0.25, 0.3) is 0 Å². The van der Waals surface area contributed by atoms with Crippen LogP contribution >= 0.6 is 0 Å². The minimum Gasteiger partial charge on any atom is -0.467 e. The summed E-state index contributed by atoms with van der Waals surface area (Å²) in [6.07, 6.45) is -0.375. The Kier molecular flexibility index (Phi) is 4.95. The molecule has 6 nitrogen and oxygen atoms in total. The van der Waals surface area contributed by atoms with E-state index in [1.807, 2.05) is 27.7 Å². The average Bonchev–Trinajstić information content (AvgIpc) is 2.25. The van der Waals surface area contributed by atoms with Crippen molar-refractivity contribution in [2.24, 2.45) is 0 Å². The number of hydrogen-bond donors (Lipinski definition) is 2. The lowest BCUT2D eigenvalue weighted by Crippen LogP contribution is -2.63. The molecule has 1 aliphatic heterocycles. The molecule has 0 radical (unpaired) electrons. The highest BCUT2D eigenvalue weighted by atomic mass is 16.7. The molecule has 1 saturated heterocycles. The molecule has 1 unspecified atom stereocenters. The molecule has 2 N–H and O–H groups in total. The van der Waals surface area contributed by atoms with Crippen molar-refractivity contribution < 1.29 is 24.6 Å². The van der Waals surface area contributed by atoms with E-state index in [1.54, 1.807) is 5.06 Å². The summed E-state index contributed by atoms with van der Waals surface area (Å²) in [4.78, 5) is 17.2. The Hall–Kier alpha value is -0.690. The van der Waals surface area contributed by atoms with Crippen LogP contribution in [0.2, 0.25) is 0 Å². The SMILES string of the molecule is COC(=O)C(CO)ON1C(C)(C)CC(O)CC1(C)C. The maximum Gasteiger partial charge on any atom is 0.339 e. The monoisotopic (exact) mass is 275 g/mol. The molecule has 19 heavy (non-hydrogen) atoms. The van der Waals surface area contributed by atoms with E-state index in [4.69, 9.17) is 4.84 Å². The lowest BCUT2D eigenvalue weighted by Gasteiger charge is -2.53. The molecule has 6 heteroatoms. The summed E-state index contributed by atoms with van der Waals surface area (Å²) in [6, 6.07) is 0. The van der Waals surface area contributed by atoms with E-state index in [9.17, 15) is 15.0 Å². The highest BCUT2D eigenvalue weighted by Gasteiger charge is 2.47. The summed E-state index contributed by atoms with van der Waals surface area (Å²) in [7, 11) is 1.25. The van der Waals surface area contributed by atoms with Crippen LogP contribution in [0.5, 0.6) is 0 Å². The Morgan fingerprint density at radius 3 is 2.16 bits per heavy atom. The predicted octanol–water partition coefficient (Wildman–Crippen LogP) is 0.466. The first-order chi connectivity index (χ1) is 8.64. The second-order valence-electron chi connectivity index (χ2n) is 6.28. The Bertz CT molecular complexity index is 311. The zero-order valence-electron chi connectivity index (χ0n) is 12.3. The lowest BCUT2D eigenvalue weighted by atomic mass is 9.80. The van der Waals surface area contributed by atoms with Gasteiger partial charge in [-0.2, -0.15) is 5.06 Å². The average molecular weight is 275 g/mol. The highest BCUT2D eigenvalue weighted by Crippen LogP contribution is 2.39. The third kappa shape index (κ3) is 3.66. The molecule has 0 aromatic heterocycles. The van der Waals surface area contributed by atoms with Crippen LogP contribution in [0.3, 0.4) is 0 Å². The Morgan fingerprint density at radius 2 is 1.79 bits per heavy atom. The number of esters is 1.